The van der Waals surface area contributed by atoms with Gasteiger partial charge in [0.25, 0.3) is 0 Å². The fourth-order valence-electron chi connectivity index (χ4n) is 4.63. The molecule has 0 amide bonds. The van der Waals surface area contributed by atoms with Crippen LogP contribution in [0.3, 0.4) is 0 Å². The predicted molar refractivity (Wildman–Crippen MR) is 132 cm³/mol. The van der Waals surface area contributed by atoms with Crippen molar-refractivity contribution >= 4 is 34.3 Å². The van der Waals surface area contributed by atoms with Crippen LogP contribution in [0.15, 0.2) is 72.8 Å². The van der Waals surface area contributed by atoms with E-state index in [1.54, 1.807) is 24.3 Å². The molecular weight excluding hydrogens is 442 g/mol. The molecule has 0 atom stereocenters. The van der Waals surface area contributed by atoms with Crippen LogP contribution >= 0.6 is 0 Å². The molecule has 0 N–H and O–H groups in total. The number of benzene rings is 3. The van der Waals surface area contributed by atoms with Crippen molar-refractivity contribution < 1.29 is 23.8 Å². The fourth-order valence-corrected chi connectivity index (χ4v) is 4.63. The molecule has 0 radical (unpaired) electrons. The summed E-state index contributed by atoms with van der Waals surface area (Å²) < 4.78 is 16.4. The van der Waals surface area contributed by atoms with Crippen molar-refractivity contribution in [3.8, 4) is 11.5 Å². The van der Waals surface area contributed by atoms with Gasteiger partial charge in [-0.15, -0.1) is 0 Å². The quantitative estimate of drug-likeness (QED) is 0.288. The second-order valence-corrected chi connectivity index (χ2v) is 8.48. The molecule has 172 valence electrons. The number of nitrogens with zero attached hydrogens (tertiary/aromatic N) is 1. The van der Waals surface area contributed by atoms with E-state index in [9.17, 15) is 9.59 Å². The van der Waals surface area contributed by atoms with Crippen LogP contribution < -0.4 is 9.47 Å². The number of allylic oxidation sites excluding steroid dienone is 1. The number of pyridine rings is 1. The van der Waals surface area contributed by atoms with Crippen molar-refractivity contribution in [3.05, 3.63) is 101 Å². The molecule has 0 unspecified atom stereocenters. The van der Waals surface area contributed by atoms with Crippen LogP contribution in [0.2, 0.25) is 0 Å². The van der Waals surface area contributed by atoms with Gasteiger partial charge in [0, 0.05) is 10.9 Å². The monoisotopic (exact) mass is 463 g/mol. The number of esters is 1. The van der Waals surface area contributed by atoms with Gasteiger partial charge in [0.2, 0.25) is 6.79 Å². The first kappa shape index (κ1) is 21.1. The van der Waals surface area contributed by atoms with Gasteiger partial charge < -0.3 is 14.2 Å². The van der Waals surface area contributed by atoms with Crippen LogP contribution in [0.1, 0.15) is 44.0 Å². The van der Waals surface area contributed by atoms with Crippen molar-refractivity contribution in [2.24, 2.45) is 0 Å². The highest BCUT2D eigenvalue weighted by Crippen LogP contribution is 2.39. The van der Waals surface area contributed by atoms with Crippen molar-refractivity contribution in [2.75, 3.05) is 13.4 Å². The fraction of sp³-hybridized carbons (Fsp3) is 0.138. The number of aromatic nitrogens is 1. The molecule has 4 aromatic rings. The van der Waals surface area contributed by atoms with E-state index in [1.807, 2.05) is 48.5 Å². The van der Waals surface area contributed by atoms with Crippen LogP contribution in [-0.2, 0) is 11.2 Å². The van der Waals surface area contributed by atoms with E-state index in [4.69, 9.17) is 19.2 Å². The number of ether oxygens (including phenoxy) is 3. The third-order valence-electron chi connectivity index (χ3n) is 6.31. The van der Waals surface area contributed by atoms with Crippen LogP contribution in [0.4, 0.5) is 0 Å². The average molecular weight is 463 g/mol. The summed E-state index contributed by atoms with van der Waals surface area (Å²) in [7, 11) is 0. The summed E-state index contributed by atoms with van der Waals surface area (Å²) in [6, 6.07) is 22.2. The smallest absolute Gasteiger partial charge is 0.339 e. The number of rotatable bonds is 5. The van der Waals surface area contributed by atoms with Crippen LogP contribution in [0.25, 0.3) is 22.6 Å². The highest BCUT2D eigenvalue weighted by Gasteiger charge is 2.28. The first-order valence-corrected chi connectivity index (χ1v) is 11.4. The molecule has 6 heteroatoms. The lowest BCUT2D eigenvalue weighted by molar-refractivity contribution is 0.0475. The van der Waals surface area contributed by atoms with Gasteiger partial charge in [-0.1, -0.05) is 54.6 Å². The Balaban J connectivity index is 1.35. The van der Waals surface area contributed by atoms with Crippen molar-refractivity contribution in [1.29, 1.82) is 0 Å². The Morgan fingerprint density at radius 1 is 0.914 bits per heavy atom. The van der Waals surface area contributed by atoms with E-state index in [-0.39, 0.29) is 19.2 Å². The van der Waals surface area contributed by atoms with E-state index >= 15 is 0 Å². The Morgan fingerprint density at radius 2 is 1.71 bits per heavy atom. The number of Topliss-reactive ketones (excluding diaryl/α,β-unsaturated/α-hetero) is 1. The Labute approximate surface area is 201 Å². The zero-order chi connectivity index (χ0) is 23.8. The normalized spacial score (nSPS) is 14.8. The number of carbonyl (C=O) groups excluding carboxylic acids is 2. The minimum absolute atomic E-state index is 0.226. The largest absolute Gasteiger partial charge is 0.454 e. The zero-order valence-electron chi connectivity index (χ0n) is 18.8. The molecule has 3 aromatic carbocycles. The Bertz CT molecular complexity index is 1510. The lowest BCUT2D eigenvalue weighted by Gasteiger charge is -2.12. The Kier molecular flexibility index (Phi) is 5.26. The third kappa shape index (κ3) is 3.93. The third-order valence-corrected chi connectivity index (χ3v) is 6.31. The Morgan fingerprint density at radius 3 is 2.60 bits per heavy atom. The highest BCUT2D eigenvalue weighted by atomic mass is 16.7. The van der Waals surface area contributed by atoms with Gasteiger partial charge in [0.1, 0.15) is 0 Å². The molecule has 0 spiro atoms. The zero-order valence-corrected chi connectivity index (χ0v) is 18.8. The molecule has 2 heterocycles. The number of para-hydroxylation sites is 1. The van der Waals surface area contributed by atoms with Crippen LogP contribution in [0, 0.1) is 0 Å². The summed E-state index contributed by atoms with van der Waals surface area (Å²) in [5.74, 6) is 0.709. The number of ketones is 1. The summed E-state index contributed by atoms with van der Waals surface area (Å²) in [6.45, 7) is -0.0852. The minimum atomic E-state index is -0.506. The summed E-state index contributed by atoms with van der Waals surface area (Å²) in [5.41, 5.74) is 5.38. The van der Waals surface area contributed by atoms with Gasteiger partial charge in [-0.25, -0.2) is 9.78 Å². The maximum Gasteiger partial charge on any atom is 0.339 e. The molecular formula is C29H21NO5. The van der Waals surface area contributed by atoms with Crippen molar-refractivity contribution in [1.82, 2.24) is 4.98 Å². The highest BCUT2D eigenvalue weighted by molar-refractivity contribution is 6.08. The molecule has 6 rings (SSSR count). The molecule has 1 aliphatic heterocycles. The van der Waals surface area contributed by atoms with Gasteiger partial charge in [-0.05, 0) is 53.8 Å². The molecule has 0 fully saturated rings. The molecule has 6 nitrogen and oxygen atoms in total. The molecule has 1 aliphatic carbocycles. The molecule has 0 saturated carbocycles. The van der Waals surface area contributed by atoms with E-state index in [2.05, 4.69) is 6.08 Å². The van der Waals surface area contributed by atoms with E-state index in [1.165, 1.54) is 0 Å². The summed E-state index contributed by atoms with van der Waals surface area (Å²) in [4.78, 5) is 30.7. The molecule has 35 heavy (non-hydrogen) atoms. The van der Waals surface area contributed by atoms with Crippen molar-refractivity contribution in [2.45, 2.75) is 12.8 Å². The minimum Gasteiger partial charge on any atom is -0.454 e. The Hall–Kier alpha value is -4.45. The molecule has 0 bridgehead atoms. The van der Waals surface area contributed by atoms with Gasteiger partial charge in [0.15, 0.2) is 23.9 Å². The lowest BCUT2D eigenvalue weighted by atomic mass is 10.0. The van der Waals surface area contributed by atoms with E-state index in [0.29, 0.717) is 23.1 Å². The predicted octanol–water partition coefficient (Wildman–Crippen LogP) is 5.49. The number of fused-ring (bicyclic) bond motifs is 3. The summed E-state index contributed by atoms with van der Waals surface area (Å²) in [6.07, 6.45) is 3.49. The van der Waals surface area contributed by atoms with Gasteiger partial charge in [-0.2, -0.15) is 0 Å². The molecule has 0 saturated heterocycles. The summed E-state index contributed by atoms with van der Waals surface area (Å²) >= 11 is 0. The molecule has 1 aromatic heterocycles. The van der Waals surface area contributed by atoms with E-state index in [0.717, 1.165) is 45.7 Å². The van der Waals surface area contributed by atoms with Crippen LogP contribution in [0.5, 0.6) is 11.5 Å². The number of carbonyl (C=O) groups is 2. The lowest BCUT2D eigenvalue weighted by Crippen LogP contribution is -2.16. The standard InChI is InChI=1S/C29H21NO5/c31-24(19-6-2-1-3-7-19)16-33-29(32)27-21-8-4-5-9-23(21)30-28-20(11-12-22(27)28)14-18-10-13-25-26(15-18)35-17-34-25/h1-10,13-15H,11-12,16-17H2/b20-14+. The first-order chi connectivity index (χ1) is 17.2. The van der Waals surface area contributed by atoms with Gasteiger partial charge in [-0.3, -0.25) is 4.79 Å². The SMILES string of the molecule is O=C(COC(=O)c1c2c(nc3ccccc13)/C(=C/c1ccc3c(c1)OCO3)CC2)c1ccccc1. The average Bonchev–Trinajstić information content (AvgIpc) is 3.53. The van der Waals surface area contributed by atoms with Gasteiger partial charge in [0.05, 0.1) is 16.8 Å². The van der Waals surface area contributed by atoms with Crippen molar-refractivity contribution in [3.63, 3.8) is 0 Å². The summed E-state index contributed by atoms with van der Waals surface area (Å²) in [5, 5.41) is 0.729. The topological polar surface area (TPSA) is 74.7 Å². The first-order valence-electron chi connectivity index (χ1n) is 11.4. The maximum atomic E-state index is 13.3. The number of hydrogen-bond acceptors (Lipinski definition) is 6. The molecule has 2 aliphatic rings. The van der Waals surface area contributed by atoms with Crippen LogP contribution in [-0.4, -0.2) is 30.1 Å². The second-order valence-electron chi connectivity index (χ2n) is 8.48. The maximum absolute atomic E-state index is 13.3. The number of hydrogen-bond donors (Lipinski definition) is 0. The second kappa shape index (κ2) is 8.72. The van der Waals surface area contributed by atoms with Gasteiger partial charge >= 0.3 is 5.97 Å². The van der Waals surface area contributed by atoms with E-state index < -0.39 is 5.97 Å².